The normalized spacial score (nSPS) is 15.2. The summed E-state index contributed by atoms with van der Waals surface area (Å²) in [5.74, 6) is 0.845. The van der Waals surface area contributed by atoms with Crippen molar-refractivity contribution >= 4 is 11.0 Å². The Labute approximate surface area is 189 Å². The minimum Gasteiger partial charge on any atom is -0.398 e. The molecule has 1 saturated carbocycles. The molecule has 6 N–H and O–H groups in total. The zero-order valence-corrected chi connectivity index (χ0v) is 18.8. The van der Waals surface area contributed by atoms with Crippen LogP contribution >= 0.6 is 0 Å². The van der Waals surface area contributed by atoms with Gasteiger partial charge in [0.05, 0.1) is 0 Å². The van der Waals surface area contributed by atoms with Crippen molar-refractivity contribution in [3.8, 4) is 11.1 Å². The van der Waals surface area contributed by atoms with Gasteiger partial charge >= 0.3 is 0 Å². The third-order valence-corrected chi connectivity index (χ3v) is 6.05. The largest absolute Gasteiger partial charge is 0.398 e. The van der Waals surface area contributed by atoms with Crippen molar-refractivity contribution in [2.75, 3.05) is 13.1 Å². The van der Waals surface area contributed by atoms with Gasteiger partial charge in [0.2, 0.25) is 0 Å². The molecule has 4 rings (SSSR count). The van der Waals surface area contributed by atoms with Gasteiger partial charge in [-0.1, -0.05) is 18.9 Å². The summed E-state index contributed by atoms with van der Waals surface area (Å²) >= 11 is 0. The Morgan fingerprint density at radius 1 is 1.25 bits per heavy atom. The van der Waals surface area contributed by atoms with E-state index in [1.807, 2.05) is 37.7 Å². The summed E-state index contributed by atoms with van der Waals surface area (Å²) in [6.07, 6.45) is 17.9. The maximum absolute atomic E-state index is 5.87. The molecule has 3 heterocycles. The minimum atomic E-state index is 0.708. The van der Waals surface area contributed by atoms with E-state index in [9.17, 15) is 0 Å². The first-order valence-corrected chi connectivity index (χ1v) is 11.6. The summed E-state index contributed by atoms with van der Waals surface area (Å²) in [4.78, 5) is 7.87. The highest BCUT2D eigenvalue weighted by Gasteiger charge is 2.15. The van der Waals surface area contributed by atoms with Gasteiger partial charge in [0.25, 0.3) is 0 Å². The Balaban J connectivity index is 1.41. The number of allylic oxidation sites excluding steroid dienone is 2. The molecule has 32 heavy (non-hydrogen) atoms. The molecule has 0 atom stereocenters. The van der Waals surface area contributed by atoms with E-state index in [-0.39, 0.29) is 0 Å². The highest BCUT2D eigenvalue weighted by atomic mass is 15.1. The van der Waals surface area contributed by atoms with Crippen molar-refractivity contribution in [1.29, 1.82) is 0 Å². The van der Waals surface area contributed by atoms with Gasteiger partial charge in [-0.05, 0) is 50.4 Å². The molecule has 3 aromatic rings. The van der Waals surface area contributed by atoms with E-state index in [1.165, 1.54) is 31.2 Å². The molecule has 1 fully saturated rings. The first-order valence-electron chi connectivity index (χ1n) is 11.6. The van der Waals surface area contributed by atoms with Crippen molar-refractivity contribution in [3.63, 3.8) is 0 Å². The Morgan fingerprint density at radius 3 is 2.97 bits per heavy atom. The number of nitrogens with one attached hydrogen (secondary N) is 4. The van der Waals surface area contributed by atoms with Crippen LogP contribution < -0.4 is 21.4 Å². The number of hydrogen-bond acceptors (Lipinski definition) is 5. The summed E-state index contributed by atoms with van der Waals surface area (Å²) in [7, 11) is 0. The van der Waals surface area contributed by atoms with E-state index in [1.54, 1.807) is 0 Å². The lowest BCUT2D eigenvalue weighted by atomic mass is 10.1. The molecule has 3 aromatic heterocycles. The van der Waals surface area contributed by atoms with Crippen molar-refractivity contribution in [3.05, 3.63) is 66.0 Å². The lowest BCUT2D eigenvalue weighted by Gasteiger charge is -2.10. The fraction of sp³-hybridized carbons (Fsp3) is 0.400. The summed E-state index contributed by atoms with van der Waals surface area (Å²) in [6.45, 7) is 4.70. The van der Waals surface area contributed by atoms with Gasteiger partial charge in [0.15, 0.2) is 18.0 Å². The van der Waals surface area contributed by atoms with Crippen LogP contribution in [0, 0.1) is 5.92 Å². The van der Waals surface area contributed by atoms with Crippen LogP contribution in [0.2, 0.25) is 0 Å². The van der Waals surface area contributed by atoms with Gasteiger partial charge in [-0.2, -0.15) is 5.10 Å². The third kappa shape index (κ3) is 5.73. The number of aromatic nitrogens is 4. The number of fused-ring (bicyclic) bond motifs is 1. The standard InChI is InChI=1S/C25H33N7/c1-2-5-22(26)17-27-9-8-24-23-11-21(16-30-25(23)32-31-24)20-10-19(14-29-15-20)13-28-12-18-6-3-4-7-18/h2,5,10-11,14-18,27-28H,3-4,6-9,12-13,26H2,1H3,(H,30,31,32)/p+1/b5-2-,22-17-. The van der Waals surface area contributed by atoms with Crippen LogP contribution in [0.4, 0.5) is 0 Å². The second-order valence-electron chi connectivity index (χ2n) is 8.56. The molecular formula is C25H34N7+. The molecule has 0 unspecified atom stereocenters. The lowest BCUT2D eigenvalue weighted by Crippen LogP contribution is -2.21. The van der Waals surface area contributed by atoms with Gasteiger partial charge in [-0.25, -0.2) is 9.97 Å². The van der Waals surface area contributed by atoms with Crippen molar-refractivity contribution in [1.82, 2.24) is 25.8 Å². The number of rotatable bonds is 10. The SMILES string of the molecule is C/C=C\C(N)=C\NCCc1[nH]nc2ncc(-c3c[nH+]cc(CNCC4CCCC4)c3)cc12. The first kappa shape index (κ1) is 22.0. The van der Waals surface area contributed by atoms with E-state index in [0.29, 0.717) is 5.70 Å². The smallest absolute Gasteiger partial charge is 0.181 e. The molecule has 1 aliphatic carbocycles. The maximum atomic E-state index is 5.87. The van der Waals surface area contributed by atoms with Gasteiger partial charge < -0.3 is 16.4 Å². The predicted molar refractivity (Wildman–Crippen MR) is 128 cm³/mol. The molecule has 0 spiro atoms. The van der Waals surface area contributed by atoms with E-state index in [0.717, 1.165) is 59.8 Å². The van der Waals surface area contributed by atoms with Crippen molar-refractivity contribution in [2.45, 2.75) is 45.6 Å². The first-order chi connectivity index (χ1) is 15.7. The topological polar surface area (TPSA) is 106 Å². The minimum absolute atomic E-state index is 0.708. The van der Waals surface area contributed by atoms with Gasteiger partial charge in [-0.3, -0.25) is 5.10 Å². The quantitative estimate of drug-likeness (QED) is 0.291. The van der Waals surface area contributed by atoms with Crippen molar-refractivity contribution in [2.24, 2.45) is 11.7 Å². The Kier molecular flexibility index (Phi) is 7.51. The fourth-order valence-corrected chi connectivity index (χ4v) is 4.35. The highest BCUT2D eigenvalue weighted by molar-refractivity contribution is 5.83. The monoisotopic (exact) mass is 432 g/mol. The highest BCUT2D eigenvalue weighted by Crippen LogP contribution is 2.25. The molecule has 0 amide bonds. The maximum Gasteiger partial charge on any atom is 0.181 e. The lowest BCUT2D eigenvalue weighted by molar-refractivity contribution is -0.378. The number of aromatic amines is 2. The molecule has 0 aliphatic heterocycles. The van der Waals surface area contributed by atoms with Gasteiger partial charge in [-0.15, -0.1) is 0 Å². The number of H-pyrrole nitrogens is 2. The number of nitrogens with two attached hydrogens (primary N) is 1. The second kappa shape index (κ2) is 10.9. The summed E-state index contributed by atoms with van der Waals surface area (Å²) in [5, 5.41) is 15.4. The van der Waals surface area contributed by atoms with Crippen LogP contribution in [-0.4, -0.2) is 28.3 Å². The number of hydrogen-bond donors (Lipinski definition) is 4. The zero-order valence-electron chi connectivity index (χ0n) is 18.8. The van der Waals surface area contributed by atoms with Crippen LogP contribution in [0.5, 0.6) is 0 Å². The van der Waals surface area contributed by atoms with E-state index in [2.05, 4.69) is 49.1 Å². The Morgan fingerprint density at radius 2 is 2.12 bits per heavy atom. The molecular weight excluding hydrogens is 398 g/mol. The third-order valence-electron chi connectivity index (χ3n) is 6.05. The Hall–Kier alpha value is -3.19. The molecule has 0 aromatic carbocycles. The number of pyridine rings is 2. The van der Waals surface area contributed by atoms with Gasteiger partial charge in [0.1, 0.15) is 0 Å². The van der Waals surface area contributed by atoms with E-state index in [4.69, 9.17) is 5.73 Å². The summed E-state index contributed by atoms with van der Waals surface area (Å²) in [6, 6.07) is 4.40. The predicted octanol–water partition coefficient (Wildman–Crippen LogP) is 3.23. The van der Waals surface area contributed by atoms with Crippen LogP contribution in [0.1, 0.15) is 43.9 Å². The van der Waals surface area contributed by atoms with E-state index < -0.39 is 0 Å². The van der Waals surface area contributed by atoms with Crippen LogP contribution in [0.3, 0.4) is 0 Å². The molecule has 1 aliphatic rings. The van der Waals surface area contributed by atoms with Gasteiger partial charge in [0, 0.05) is 65.4 Å². The second-order valence-corrected chi connectivity index (χ2v) is 8.56. The van der Waals surface area contributed by atoms with Crippen LogP contribution in [-0.2, 0) is 13.0 Å². The van der Waals surface area contributed by atoms with Crippen LogP contribution in [0.15, 0.2) is 54.8 Å². The zero-order chi connectivity index (χ0) is 22.2. The fourth-order valence-electron chi connectivity index (χ4n) is 4.35. The average molecular weight is 433 g/mol. The molecule has 0 bridgehead atoms. The summed E-state index contributed by atoms with van der Waals surface area (Å²) in [5.41, 5.74) is 11.9. The molecule has 168 valence electrons. The molecule has 7 nitrogen and oxygen atoms in total. The van der Waals surface area contributed by atoms with E-state index >= 15 is 0 Å². The average Bonchev–Trinajstić information content (AvgIpc) is 3.47. The molecule has 0 radical (unpaired) electrons. The number of nitrogens with zero attached hydrogens (tertiary/aromatic N) is 2. The molecule has 7 heteroatoms. The molecule has 0 saturated heterocycles. The Bertz CT molecular complexity index is 1080. The summed E-state index contributed by atoms with van der Waals surface area (Å²) < 4.78 is 0. The van der Waals surface area contributed by atoms with Crippen molar-refractivity contribution < 1.29 is 4.98 Å². The van der Waals surface area contributed by atoms with Crippen LogP contribution in [0.25, 0.3) is 22.2 Å².